The summed E-state index contributed by atoms with van der Waals surface area (Å²) in [5.74, 6) is 0.975. The van der Waals surface area contributed by atoms with E-state index in [4.69, 9.17) is 9.47 Å². The molecule has 1 aliphatic heterocycles. The number of methoxy groups -OCH3 is 2. The van der Waals surface area contributed by atoms with Gasteiger partial charge in [0.15, 0.2) is 11.5 Å². The van der Waals surface area contributed by atoms with Crippen LogP contribution < -0.4 is 14.8 Å². The molecule has 8 heteroatoms. The Balaban J connectivity index is 1.66. The second-order valence-corrected chi connectivity index (χ2v) is 7.66. The highest BCUT2D eigenvalue weighted by molar-refractivity contribution is 8.14. The second kappa shape index (κ2) is 9.14. The maximum atomic E-state index is 12.4. The number of imide groups is 1. The van der Waals surface area contributed by atoms with E-state index in [2.05, 4.69) is 5.32 Å². The van der Waals surface area contributed by atoms with Gasteiger partial charge >= 0.3 is 0 Å². The Kier molecular flexibility index (Phi) is 6.61. The standard InChI is InChI=1S/C20H24N2O5S/c1-26-16-9-7-13(11-17(16)27-2)8-10-18(23)21-14-5-3-4-6-15(14)22-19(24)12-28-20(22)25/h7-11,14-15H,3-6,12H2,1-2H3,(H,21,23)/b10-8+. The van der Waals surface area contributed by atoms with Crippen LogP contribution in [0.2, 0.25) is 0 Å². The molecule has 0 bridgehead atoms. The zero-order chi connectivity index (χ0) is 20.1. The number of nitrogens with zero attached hydrogens (tertiary/aromatic N) is 1. The molecule has 1 aromatic carbocycles. The van der Waals surface area contributed by atoms with Crippen LogP contribution in [0.3, 0.4) is 0 Å². The number of carbonyl (C=O) groups is 3. The number of rotatable bonds is 6. The van der Waals surface area contributed by atoms with Crippen molar-refractivity contribution in [2.75, 3.05) is 20.0 Å². The van der Waals surface area contributed by atoms with Crippen LogP contribution in [0, 0.1) is 0 Å². The van der Waals surface area contributed by atoms with E-state index in [-0.39, 0.29) is 34.9 Å². The van der Waals surface area contributed by atoms with Gasteiger partial charge in [-0.1, -0.05) is 30.7 Å². The molecule has 2 aliphatic rings. The van der Waals surface area contributed by atoms with Crippen LogP contribution in [-0.2, 0) is 9.59 Å². The molecule has 2 fully saturated rings. The van der Waals surface area contributed by atoms with Crippen molar-refractivity contribution in [3.05, 3.63) is 29.8 Å². The van der Waals surface area contributed by atoms with Gasteiger partial charge in [-0.2, -0.15) is 0 Å². The highest BCUT2D eigenvalue weighted by Crippen LogP contribution is 2.30. The van der Waals surface area contributed by atoms with Crippen molar-refractivity contribution in [2.45, 2.75) is 37.8 Å². The van der Waals surface area contributed by atoms with Gasteiger partial charge in [0.05, 0.1) is 32.1 Å². The van der Waals surface area contributed by atoms with E-state index >= 15 is 0 Å². The average Bonchev–Trinajstić information content (AvgIpc) is 3.04. The Bertz CT molecular complexity index is 779. The molecule has 0 aromatic heterocycles. The van der Waals surface area contributed by atoms with Gasteiger partial charge in [0.1, 0.15) is 0 Å². The van der Waals surface area contributed by atoms with E-state index in [1.807, 2.05) is 6.07 Å². The lowest BCUT2D eigenvalue weighted by atomic mass is 9.89. The van der Waals surface area contributed by atoms with Gasteiger partial charge in [-0.05, 0) is 36.6 Å². The summed E-state index contributed by atoms with van der Waals surface area (Å²) in [5.41, 5.74) is 0.800. The van der Waals surface area contributed by atoms with Crippen molar-refractivity contribution >= 4 is 34.9 Å². The number of amides is 3. The van der Waals surface area contributed by atoms with Gasteiger partial charge in [-0.15, -0.1) is 0 Å². The van der Waals surface area contributed by atoms with Crippen LogP contribution in [0.4, 0.5) is 4.79 Å². The lowest BCUT2D eigenvalue weighted by Gasteiger charge is -2.36. The van der Waals surface area contributed by atoms with Gasteiger partial charge in [0, 0.05) is 6.08 Å². The largest absolute Gasteiger partial charge is 0.493 e. The lowest BCUT2D eigenvalue weighted by molar-refractivity contribution is -0.128. The van der Waals surface area contributed by atoms with E-state index in [0.29, 0.717) is 11.5 Å². The molecule has 150 valence electrons. The summed E-state index contributed by atoms with van der Waals surface area (Å²) in [4.78, 5) is 37.9. The molecule has 2 unspecified atom stereocenters. The third-order valence-corrected chi connectivity index (χ3v) is 5.84. The number of hydrogen-bond donors (Lipinski definition) is 1. The first-order valence-corrected chi connectivity index (χ1v) is 10.2. The molecule has 1 saturated carbocycles. The predicted molar refractivity (Wildman–Crippen MR) is 107 cm³/mol. The number of carbonyl (C=O) groups excluding carboxylic acids is 3. The fourth-order valence-corrected chi connectivity index (χ4v) is 4.39. The molecular weight excluding hydrogens is 380 g/mol. The maximum Gasteiger partial charge on any atom is 0.289 e. The Morgan fingerprint density at radius 3 is 2.61 bits per heavy atom. The summed E-state index contributed by atoms with van der Waals surface area (Å²) in [6.07, 6.45) is 6.53. The van der Waals surface area contributed by atoms with Gasteiger partial charge in [-0.25, -0.2) is 0 Å². The Hall–Kier alpha value is -2.48. The molecule has 2 atom stereocenters. The molecular formula is C20H24N2O5S. The molecule has 1 aromatic rings. The Morgan fingerprint density at radius 2 is 1.93 bits per heavy atom. The minimum Gasteiger partial charge on any atom is -0.493 e. The highest BCUT2D eigenvalue weighted by atomic mass is 32.2. The number of hydrogen-bond acceptors (Lipinski definition) is 6. The Labute approximate surface area is 168 Å². The van der Waals surface area contributed by atoms with Crippen molar-refractivity contribution in [3.63, 3.8) is 0 Å². The van der Waals surface area contributed by atoms with Gasteiger partial charge in [0.25, 0.3) is 5.24 Å². The predicted octanol–water partition coefficient (Wildman–Crippen LogP) is 2.84. The summed E-state index contributed by atoms with van der Waals surface area (Å²) in [6, 6.07) is 4.90. The normalized spacial score (nSPS) is 22.6. The van der Waals surface area contributed by atoms with Gasteiger partial charge in [0.2, 0.25) is 11.8 Å². The molecule has 7 nitrogen and oxygen atoms in total. The number of benzene rings is 1. The summed E-state index contributed by atoms with van der Waals surface area (Å²) in [5, 5.41) is 2.76. The van der Waals surface area contributed by atoms with Crippen LogP contribution in [0.5, 0.6) is 11.5 Å². The molecule has 1 aliphatic carbocycles. The van der Waals surface area contributed by atoms with E-state index < -0.39 is 0 Å². The topological polar surface area (TPSA) is 84.9 Å². The molecule has 0 radical (unpaired) electrons. The minimum atomic E-state index is -0.262. The average molecular weight is 404 g/mol. The van der Waals surface area contributed by atoms with E-state index in [1.165, 1.54) is 11.0 Å². The first kappa shape index (κ1) is 20.3. The van der Waals surface area contributed by atoms with E-state index in [0.717, 1.165) is 43.0 Å². The summed E-state index contributed by atoms with van der Waals surface area (Å²) < 4.78 is 10.5. The molecule has 1 heterocycles. The molecule has 0 spiro atoms. The fourth-order valence-electron chi connectivity index (χ4n) is 3.63. The first-order chi connectivity index (χ1) is 13.5. The molecule has 1 saturated heterocycles. The summed E-state index contributed by atoms with van der Waals surface area (Å²) in [7, 11) is 3.12. The number of nitrogens with one attached hydrogen (secondary N) is 1. The molecule has 3 rings (SSSR count). The molecule has 28 heavy (non-hydrogen) atoms. The number of ether oxygens (including phenoxy) is 2. The van der Waals surface area contributed by atoms with Gasteiger partial charge < -0.3 is 14.8 Å². The molecule has 1 N–H and O–H groups in total. The first-order valence-electron chi connectivity index (χ1n) is 9.23. The lowest BCUT2D eigenvalue weighted by Crippen LogP contribution is -2.54. The summed E-state index contributed by atoms with van der Waals surface area (Å²) >= 11 is 1.03. The summed E-state index contributed by atoms with van der Waals surface area (Å²) in [6.45, 7) is 0. The quantitative estimate of drug-likeness (QED) is 0.734. The van der Waals surface area contributed by atoms with Crippen molar-refractivity contribution in [2.24, 2.45) is 0 Å². The van der Waals surface area contributed by atoms with Crippen molar-refractivity contribution < 1.29 is 23.9 Å². The van der Waals surface area contributed by atoms with Crippen LogP contribution in [0.15, 0.2) is 24.3 Å². The van der Waals surface area contributed by atoms with Crippen LogP contribution in [-0.4, -0.2) is 54.0 Å². The second-order valence-electron chi connectivity index (χ2n) is 6.73. The maximum absolute atomic E-state index is 12.4. The highest BCUT2D eigenvalue weighted by Gasteiger charge is 2.40. The zero-order valence-electron chi connectivity index (χ0n) is 16.0. The van der Waals surface area contributed by atoms with Crippen molar-refractivity contribution in [1.82, 2.24) is 10.2 Å². The van der Waals surface area contributed by atoms with Crippen molar-refractivity contribution in [3.8, 4) is 11.5 Å². The van der Waals surface area contributed by atoms with Crippen LogP contribution in [0.1, 0.15) is 31.2 Å². The van der Waals surface area contributed by atoms with Crippen LogP contribution in [0.25, 0.3) is 6.08 Å². The third-order valence-electron chi connectivity index (χ3n) is 5.01. The Morgan fingerprint density at radius 1 is 1.18 bits per heavy atom. The van der Waals surface area contributed by atoms with E-state index in [9.17, 15) is 14.4 Å². The zero-order valence-corrected chi connectivity index (χ0v) is 16.8. The van der Waals surface area contributed by atoms with Crippen LogP contribution >= 0.6 is 11.8 Å². The fraction of sp³-hybridized carbons (Fsp3) is 0.450. The molecule has 3 amide bonds. The monoisotopic (exact) mass is 404 g/mol. The minimum absolute atomic E-state index is 0.165. The van der Waals surface area contributed by atoms with Crippen molar-refractivity contribution in [1.29, 1.82) is 0 Å². The number of thioether (sulfide) groups is 1. The SMILES string of the molecule is COc1ccc(/C=C/C(=O)NC2CCCCC2N2C(=O)CSC2=O)cc1OC. The third kappa shape index (κ3) is 4.49. The van der Waals surface area contributed by atoms with Gasteiger partial charge in [-0.3, -0.25) is 19.3 Å². The smallest absolute Gasteiger partial charge is 0.289 e. The van der Waals surface area contributed by atoms with E-state index in [1.54, 1.807) is 32.4 Å².